The van der Waals surface area contributed by atoms with E-state index in [2.05, 4.69) is 5.32 Å². The summed E-state index contributed by atoms with van der Waals surface area (Å²) in [5, 5.41) is 3.40. The van der Waals surface area contributed by atoms with Gasteiger partial charge in [-0.05, 0) is 30.3 Å². The molecule has 2 N–H and O–H groups in total. The molecule has 0 aromatic heterocycles. The summed E-state index contributed by atoms with van der Waals surface area (Å²) in [4.78, 5) is 27.2. The van der Waals surface area contributed by atoms with Gasteiger partial charge >= 0.3 is 0 Å². The zero-order valence-electron chi connectivity index (χ0n) is 17.1. The lowest BCUT2D eigenvalue weighted by Crippen LogP contribution is -3.11. The fraction of sp³-hybridized carbons (Fsp3) is 0.333. The normalized spacial score (nSPS) is 11.5. The molecule has 2 rings (SSSR count). The number of carbonyl (C=O) groups excluding carboxylic acids is 2. The number of quaternary nitrogens is 1. The maximum absolute atomic E-state index is 12.6. The molecule has 2 amide bonds. The summed E-state index contributed by atoms with van der Waals surface area (Å²) >= 11 is 5.84. The Hall–Kier alpha value is -2.77. The molecule has 1 atom stereocenters. The number of ether oxygens (including phenoxy) is 2. The standard InChI is InChI=1S/C21H26ClN3O4/c1-24(13-19(26)23-17-10-8-16(22)9-11-17)14-20(27)25(2)12-15-6-5-7-18(28-3)21(15)29-4/h5-11H,12-14H2,1-4H3,(H,23,26)/p+1. The van der Waals surface area contributed by atoms with Crippen molar-refractivity contribution in [3.63, 3.8) is 0 Å². The van der Waals surface area contributed by atoms with Gasteiger partial charge in [-0.15, -0.1) is 0 Å². The van der Waals surface area contributed by atoms with Crippen molar-refractivity contribution >= 4 is 29.1 Å². The minimum atomic E-state index is -0.172. The first-order valence-electron chi connectivity index (χ1n) is 9.14. The van der Waals surface area contributed by atoms with Crippen LogP contribution < -0.4 is 19.7 Å². The second-order valence-electron chi connectivity index (χ2n) is 6.77. The number of para-hydroxylation sites is 1. The van der Waals surface area contributed by atoms with Crippen LogP contribution in [0.15, 0.2) is 42.5 Å². The van der Waals surface area contributed by atoms with Gasteiger partial charge in [0.15, 0.2) is 24.6 Å². The summed E-state index contributed by atoms with van der Waals surface area (Å²) in [6.45, 7) is 0.741. The number of carbonyl (C=O) groups is 2. The summed E-state index contributed by atoms with van der Waals surface area (Å²) in [6, 6.07) is 12.4. The third kappa shape index (κ3) is 6.66. The van der Waals surface area contributed by atoms with Gasteiger partial charge < -0.3 is 24.6 Å². The molecule has 7 nitrogen and oxygen atoms in total. The van der Waals surface area contributed by atoms with Crippen molar-refractivity contribution in [2.75, 3.05) is 46.7 Å². The van der Waals surface area contributed by atoms with Crippen molar-refractivity contribution in [2.45, 2.75) is 6.54 Å². The first kappa shape index (κ1) is 22.5. The van der Waals surface area contributed by atoms with Gasteiger partial charge in [0.2, 0.25) is 0 Å². The maximum atomic E-state index is 12.6. The summed E-state index contributed by atoms with van der Waals surface area (Å²) in [6.07, 6.45) is 0. The fourth-order valence-electron chi connectivity index (χ4n) is 2.89. The molecule has 0 aliphatic heterocycles. The number of nitrogens with one attached hydrogen (secondary N) is 2. The van der Waals surface area contributed by atoms with Crippen LogP contribution in [-0.4, -0.2) is 58.1 Å². The van der Waals surface area contributed by atoms with Gasteiger partial charge in [-0.3, -0.25) is 9.59 Å². The zero-order valence-corrected chi connectivity index (χ0v) is 17.9. The summed E-state index contributed by atoms with van der Waals surface area (Å²) in [5.41, 5.74) is 1.52. The van der Waals surface area contributed by atoms with E-state index in [4.69, 9.17) is 21.1 Å². The van der Waals surface area contributed by atoms with E-state index < -0.39 is 0 Å². The van der Waals surface area contributed by atoms with Crippen LogP contribution in [0, 0.1) is 0 Å². The summed E-state index contributed by atoms with van der Waals surface area (Å²) < 4.78 is 10.7. The fourth-order valence-corrected chi connectivity index (χ4v) is 3.02. The van der Waals surface area contributed by atoms with Gasteiger partial charge in [-0.1, -0.05) is 23.7 Å². The van der Waals surface area contributed by atoms with Crippen molar-refractivity contribution in [3.8, 4) is 11.5 Å². The van der Waals surface area contributed by atoms with Crippen LogP contribution in [0.25, 0.3) is 0 Å². The highest BCUT2D eigenvalue weighted by atomic mass is 35.5. The third-order valence-electron chi connectivity index (χ3n) is 4.36. The second-order valence-corrected chi connectivity index (χ2v) is 7.20. The number of rotatable bonds is 9. The molecule has 156 valence electrons. The first-order chi connectivity index (χ1) is 13.8. The van der Waals surface area contributed by atoms with Crippen molar-refractivity contribution in [1.82, 2.24) is 4.90 Å². The van der Waals surface area contributed by atoms with Gasteiger partial charge in [0.25, 0.3) is 11.8 Å². The molecule has 29 heavy (non-hydrogen) atoms. The van der Waals surface area contributed by atoms with Gasteiger partial charge in [0.05, 0.1) is 21.3 Å². The molecule has 2 aromatic rings. The monoisotopic (exact) mass is 420 g/mol. The highest BCUT2D eigenvalue weighted by Crippen LogP contribution is 2.31. The Morgan fingerprint density at radius 2 is 1.76 bits per heavy atom. The minimum absolute atomic E-state index is 0.0772. The van der Waals surface area contributed by atoms with Crippen molar-refractivity contribution in [3.05, 3.63) is 53.1 Å². The quantitative estimate of drug-likeness (QED) is 0.644. The predicted octanol–water partition coefficient (Wildman–Crippen LogP) is 1.47. The lowest BCUT2D eigenvalue weighted by molar-refractivity contribution is -0.862. The van der Waals surface area contributed by atoms with E-state index in [9.17, 15) is 9.59 Å². The Kier molecular flexibility index (Phi) is 8.30. The maximum Gasteiger partial charge on any atom is 0.279 e. The number of hydrogen-bond donors (Lipinski definition) is 2. The van der Waals surface area contributed by atoms with E-state index >= 15 is 0 Å². The Bertz CT molecular complexity index is 842. The predicted molar refractivity (Wildman–Crippen MR) is 113 cm³/mol. The minimum Gasteiger partial charge on any atom is -0.493 e. The highest BCUT2D eigenvalue weighted by molar-refractivity contribution is 6.30. The lowest BCUT2D eigenvalue weighted by atomic mass is 10.1. The molecule has 0 saturated carbocycles. The number of nitrogens with zero attached hydrogens (tertiary/aromatic N) is 1. The van der Waals surface area contributed by atoms with Gasteiger partial charge in [-0.25, -0.2) is 0 Å². The number of anilines is 1. The average Bonchev–Trinajstić information content (AvgIpc) is 2.69. The van der Waals surface area contributed by atoms with Crippen LogP contribution in [0.4, 0.5) is 5.69 Å². The number of hydrogen-bond acceptors (Lipinski definition) is 4. The number of benzene rings is 2. The summed E-state index contributed by atoms with van der Waals surface area (Å²) in [5.74, 6) is 0.978. The van der Waals surface area contributed by atoms with Crippen LogP contribution in [-0.2, 0) is 16.1 Å². The van der Waals surface area contributed by atoms with Crippen LogP contribution in [0.3, 0.4) is 0 Å². The second kappa shape index (κ2) is 10.7. The van der Waals surface area contributed by atoms with Crippen LogP contribution >= 0.6 is 11.6 Å². The Labute approximate surface area is 176 Å². The van der Waals surface area contributed by atoms with Crippen molar-refractivity contribution in [2.24, 2.45) is 0 Å². The molecule has 0 saturated heterocycles. The number of amides is 2. The van der Waals surface area contributed by atoms with Gasteiger partial charge in [-0.2, -0.15) is 0 Å². The highest BCUT2D eigenvalue weighted by Gasteiger charge is 2.19. The van der Waals surface area contributed by atoms with E-state index in [1.807, 2.05) is 12.1 Å². The van der Waals surface area contributed by atoms with Crippen molar-refractivity contribution < 1.29 is 24.0 Å². The molecule has 1 unspecified atom stereocenters. The van der Waals surface area contributed by atoms with Crippen LogP contribution in [0.1, 0.15) is 5.56 Å². The molecule has 0 fully saturated rings. The Morgan fingerprint density at radius 3 is 2.38 bits per heavy atom. The third-order valence-corrected chi connectivity index (χ3v) is 4.61. The molecule has 0 aliphatic carbocycles. The zero-order chi connectivity index (χ0) is 21.4. The van der Waals surface area contributed by atoms with Crippen molar-refractivity contribution in [1.29, 1.82) is 0 Å². The smallest absolute Gasteiger partial charge is 0.279 e. The molecule has 8 heteroatoms. The SMILES string of the molecule is COc1cccc(CN(C)C(=O)C[NH+](C)CC(=O)Nc2ccc(Cl)cc2)c1OC. The topological polar surface area (TPSA) is 72.3 Å². The lowest BCUT2D eigenvalue weighted by Gasteiger charge is -2.21. The van der Waals surface area contributed by atoms with Gasteiger partial charge in [0, 0.05) is 29.9 Å². The average molecular weight is 421 g/mol. The van der Waals surface area contributed by atoms with E-state index in [1.165, 1.54) is 0 Å². The molecule has 0 spiro atoms. The number of methoxy groups -OCH3 is 2. The van der Waals surface area contributed by atoms with E-state index in [-0.39, 0.29) is 24.9 Å². The molecular weight excluding hydrogens is 394 g/mol. The number of halogens is 1. The molecule has 0 bridgehead atoms. The Balaban J connectivity index is 1.88. The first-order valence-corrected chi connectivity index (χ1v) is 9.52. The molecule has 0 aliphatic rings. The van der Waals surface area contributed by atoms with Crippen LogP contribution in [0.2, 0.25) is 5.02 Å². The van der Waals surface area contributed by atoms with Gasteiger partial charge in [0.1, 0.15) is 0 Å². The molecule has 2 aromatic carbocycles. The van der Waals surface area contributed by atoms with E-state index in [1.54, 1.807) is 63.5 Å². The summed E-state index contributed by atoms with van der Waals surface area (Å²) in [7, 11) is 6.67. The molecular formula is C21H27ClN3O4+. The Morgan fingerprint density at radius 1 is 1.07 bits per heavy atom. The molecule has 0 radical (unpaired) electrons. The van der Waals surface area contributed by atoms with E-state index in [0.717, 1.165) is 10.5 Å². The van der Waals surface area contributed by atoms with Crippen LogP contribution in [0.5, 0.6) is 11.5 Å². The number of likely N-dealkylation sites (N-methyl/N-ethyl adjacent to an activating group) is 2. The molecule has 0 heterocycles. The van der Waals surface area contributed by atoms with E-state index in [0.29, 0.717) is 28.8 Å². The largest absolute Gasteiger partial charge is 0.493 e.